The number of carbonyl (C=O) groups excluding carboxylic acids is 1. The van der Waals surface area contributed by atoms with Crippen LogP contribution in [0.5, 0.6) is 0 Å². The fourth-order valence-electron chi connectivity index (χ4n) is 4.84. The molecule has 0 unspecified atom stereocenters. The minimum absolute atomic E-state index is 0.00711. The number of rotatable bonds is 5. The quantitative estimate of drug-likeness (QED) is 0.368. The van der Waals surface area contributed by atoms with E-state index in [1.54, 1.807) is 4.57 Å². The number of aromatic nitrogens is 1. The van der Waals surface area contributed by atoms with Crippen molar-refractivity contribution in [2.45, 2.75) is 64.6 Å². The van der Waals surface area contributed by atoms with Crippen LogP contribution >= 0.6 is 0 Å². The van der Waals surface area contributed by atoms with Crippen LogP contribution in [0.2, 0.25) is 0 Å². The molecule has 1 fully saturated rings. The molecule has 4 N–H and O–H groups in total. The summed E-state index contributed by atoms with van der Waals surface area (Å²) in [7, 11) is -3.67. The number of aryl methyl sites for hydroxylation is 1. The fraction of sp³-hybridized carbons (Fsp3) is 0.560. The third-order valence-corrected chi connectivity index (χ3v) is 6.89. The number of nitrogens with zero attached hydrogens (tertiary/aromatic N) is 2. The number of pyridine rings is 1. The maximum absolute atomic E-state index is 15.4. The second-order valence-corrected chi connectivity index (χ2v) is 11.6. The Kier molecular flexibility index (Phi) is 8.84. The Morgan fingerprint density at radius 2 is 1.79 bits per heavy atom. The molecule has 3 heterocycles. The van der Waals surface area contributed by atoms with Gasteiger partial charge in [0.25, 0.3) is 10.1 Å². The van der Waals surface area contributed by atoms with E-state index in [4.69, 9.17) is 15.0 Å². The standard InChI is InChI=1S/C24H30FN3O5.CH4O3S/c1-12(2)19(26)24(32)33-14-6-8-27(9-7-14)21-15-5-4-13(3)28-11-17(23(30)31)22(29)16(20(15)28)10-18(21)25;1-5(2,3)4/h10-14,19H,4-9,26H2,1-3H3,(H,30,31);1H3,(H,2,3,4)/t13-,19-;/m0./s1. The number of nitrogens with two attached hydrogens (primary N) is 1. The number of esters is 1. The SMILES string of the molecule is CC(C)[C@H](N)C(=O)OC1CCN(c2c(F)cc3c(=O)c(C(=O)O)cn4c3c2CC[C@@H]4C)CC1.CS(=O)(=O)O. The number of hydrogen-bond acceptors (Lipinski definition) is 8. The first-order valence-corrected chi connectivity index (χ1v) is 14.2. The van der Waals surface area contributed by atoms with Crippen molar-refractivity contribution in [1.29, 1.82) is 0 Å². The average molecular weight is 556 g/mol. The lowest BCUT2D eigenvalue weighted by Crippen LogP contribution is -2.43. The second-order valence-electron chi connectivity index (χ2n) is 10.2. The molecule has 1 saturated heterocycles. The van der Waals surface area contributed by atoms with Crippen molar-refractivity contribution in [3.63, 3.8) is 0 Å². The number of piperidine rings is 1. The van der Waals surface area contributed by atoms with Gasteiger partial charge in [-0.15, -0.1) is 0 Å². The second kappa shape index (κ2) is 11.4. The predicted octanol–water partition coefficient (Wildman–Crippen LogP) is 2.35. The number of ether oxygens (including phenoxy) is 1. The zero-order valence-corrected chi connectivity index (χ0v) is 22.6. The monoisotopic (exact) mass is 555 g/mol. The van der Waals surface area contributed by atoms with Gasteiger partial charge in [0.15, 0.2) is 0 Å². The molecule has 0 amide bonds. The lowest BCUT2D eigenvalue weighted by molar-refractivity contribution is -0.152. The summed E-state index contributed by atoms with van der Waals surface area (Å²) in [4.78, 5) is 38.5. The highest BCUT2D eigenvalue weighted by Crippen LogP contribution is 2.39. The predicted molar refractivity (Wildman–Crippen MR) is 140 cm³/mol. The lowest BCUT2D eigenvalue weighted by Gasteiger charge is -2.37. The van der Waals surface area contributed by atoms with Gasteiger partial charge in [0.05, 0.1) is 17.5 Å². The van der Waals surface area contributed by atoms with Crippen LogP contribution < -0.4 is 16.1 Å². The van der Waals surface area contributed by atoms with Gasteiger partial charge in [-0.3, -0.25) is 14.1 Å². The zero-order chi connectivity index (χ0) is 28.5. The first kappa shape index (κ1) is 29.5. The van der Waals surface area contributed by atoms with E-state index in [-0.39, 0.29) is 29.0 Å². The molecule has 2 atom stereocenters. The maximum atomic E-state index is 15.4. The smallest absolute Gasteiger partial charge is 0.341 e. The van der Waals surface area contributed by atoms with Crippen molar-refractivity contribution in [2.24, 2.45) is 11.7 Å². The van der Waals surface area contributed by atoms with Crippen LogP contribution in [0.3, 0.4) is 0 Å². The Bertz CT molecular complexity index is 1390. The highest BCUT2D eigenvalue weighted by Gasteiger charge is 2.32. The summed E-state index contributed by atoms with van der Waals surface area (Å²) in [5.41, 5.74) is 6.66. The van der Waals surface area contributed by atoms with E-state index in [2.05, 4.69) is 0 Å². The van der Waals surface area contributed by atoms with Crippen molar-refractivity contribution < 1.29 is 36.8 Å². The van der Waals surface area contributed by atoms with Gasteiger partial charge in [0.1, 0.15) is 23.5 Å². The minimum atomic E-state index is -3.67. The molecule has 2 aliphatic heterocycles. The summed E-state index contributed by atoms with van der Waals surface area (Å²) in [6, 6.07) is 0.498. The summed E-state index contributed by atoms with van der Waals surface area (Å²) in [5, 5.41) is 9.54. The van der Waals surface area contributed by atoms with Gasteiger partial charge in [-0.25, -0.2) is 9.18 Å². The first-order chi connectivity index (χ1) is 17.6. The van der Waals surface area contributed by atoms with Crippen LogP contribution in [-0.4, -0.2) is 66.1 Å². The highest BCUT2D eigenvalue weighted by molar-refractivity contribution is 7.85. The van der Waals surface area contributed by atoms with E-state index in [1.807, 2.05) is 25.7 Å². The first-order valence-electron chi connectivity index (χ1n) is 12.4. The van der Waals surface area contributed by atoms with Gasteiger partial charge in [0, 0.05) is 49.1 Å². The van der Waals surface area contributed by atoms with E-state index in [0.717, 1.165) is 5.56 Å². The Morgan fingerprint density at radius 1 is 1.21 bits per heavy atom. The van der Waals surface area contributed by atoms with Crippen molar-refractivity contribution in [3.8, 4) is 0 Å². The molecule has 13 heteroatoms. The van der Waals surface area contributed by atoms with Gasteiger partial charge in [-0.05, 0) is 31.7 Å². The van der Waals surface area contributed by atoms with E-state index in [9.17, 15) is 27.9 Å². The Hall–Kier alpha value is -3.03. The van der Waals surface area contributed by atoms with Crippen molar-refractivity contribution in [2.75, 3.05) is 24.2 Å². The third kappa shape index (κ3) is 6.51. The van der Waals surface area contributed by atoms with Gasteiger partial charge in [0.2, 0.25) is 5.43 Å². The highest BCUT2D eigenvalue weighted by atomic mass is 32.2. The summed E-state index contributed by atoms with van der Waals surface area (Å²) in [6.45, 7) is 6.68. The van der Waals surface area contributed by atoms with Gasteiger partial charge >= 0.3 is 11.9 Å². The van der Waals surface area contributed by atoms with Gasteiger partial charge in [-0.2, -0.15) is 8.42 Å². The molecule has 0 aliphatic carbocycles. The summed E-state index contributed by atoms with van der Waals surface area (Å²) in [5.74, 6) is -2.28. The third-order valence-electron chi connectivity index (χ3n) is 6.89. The molecular weight excluding hydrogens is 521 g/mol. The molecule has 1 aromatic heterocycles. The summed E-state index contributed by atoms with van der Waals surface area (Å²) in [6.07, 6.45) is 4.23. The van der Waals surface area contributed by atoms with Crippen LogP contribution in [0.25, 0.3) is 10.9 Å². The Morgan fingerprint density at radius 3 is 2.32 bits per heavy atom. The largest absolute Gasteiger partial charge is 0.477 e. The van der Waals surface area contributed by atoms with Crippen LogP contribution in [0.15, 0.2) is 17.1 Å². The number of benzene rings is 1. The normalized spacial score (nSPS) is 18.6. The maximum Gasteiger partial charge on any atom is 0.341 e. The summed E-state index contributed by atoms with van der Waals surface area (Å²) < 4.78 is 48.6. The Labute approximate surface area is 220 Å². The minimum Gasteiger partial charge on any atom is -0.477 e. The Balaban J connectivity index is 0.000000732. The van der Waals surface area contributed by atoms with Gasteiger partial charge < -0.3 is 25.0 Å². The molecular formula is C25H34FN3O8S. The number of carboxylic acid groups (broad SMARTS) is 1. The summed E-state index contributed by atoms with van der Waals surface area (Å²) >= 11 is 0. The zero-order valence-electron chi connectivity index (χ0n) is 21.8. The molecule has 0 radical (unpaired) electrons. The molecule has 210 valence electrons. The van der Waals surface area contributed by atoms with Crippen LogP contribution in [0.1, 0.15) is 62.0 Å². The molecule has 11 nitrogen and oxygen atoms in total. The van der Waals surface area contributed by atoms with Crippen LogP contribution in [0, 0.1) is 11.7 Å². The van der Waals surface area contributed by atoms with Crippen LogP contribution in [0.4, 0.5) is 10.1 Å². The van der Waals surface area contributed by atoms with Crippen molar-refractivity contribution >= 4 is 38.6 Å². The van der Waals surface area contributed by atoms with Crippen LogP contribution in [-0.2, 0) is 26.1 Å². The van der Waals surface area contributed by atoms with E-state index >= 15 is 4.39 Å². The van der Waals surface area contributed by atoms with Crippen molar-refractivity contribution in [3.05, 3.63) is 39.4 Å². The average Bonchev–Trinajstić information content (AvgIpc) is 2.81. The number of aromatic carboxylic acids is 1. The molecule has 1 aromatic carbocycles. The van der Waals surface area contributed by atoms with E-state index in [1.165, 1.54) is 12.3 Å². The molecule has 2 aromatic rings. The molecule has 2 aliphatic rings. The number of halogens is 1. The number of anilines is 1. The molecule has 0 bridgehead atoms. The fourth-order valence-corrected chi connectivity index (χ4v) is 4.84. The molecule has 0 spiro atoms. The van der Waals surface area contributed by atoms with E-state index in [0.29, 0.717) is 56.2 Å². The number of carboxylic acids is 1. The van der Waals surface area contributed by atoms with Gasteiger partial charge in [-0.1, -0.05) is 13.8 Å². The molecule has 0 saturated carbocycles. The number of carbonyl (C=O) groups is 2. The number of hydrogen-bond donors (Lipinski definition) is 3. The van der Waals surface area contributed by atoms with Crippen molar-refractivity contribution in [1.82, 2.24) is 4.57 Å². The molecule has 38 heavy (non-hydrogen) atoms. The van der Waals surface area contributed by atoms with E-state index < -0.39 is 39.3 Å². The molecule has 4 rings (SSSR count). The topological polar surface area (TPSA) is 169 Å². The lowest BCUT2D eigenvalue weighted by atomic mass is 9.93.